The Bertz CT molecular complexity index is 499. The van der Waals surface area contributed by atoms with Crippen molar-refractivity contribution >= 4 is 5.91 Å². The van der Waals surface area contributed by atoms with Crippen LogP contribution in [0.4, 0.5) is 0 Å². The molecule has 1 heterocycles. The molecule has 21 heavy (non-hydrogen) atoms. The van der Waals surface area contributed by atoms with E-state index in [4.69, 9.17) is 14.6 Å². The molecule has 1 aromatic carbocycles. The van der Waals surface area contributed by atoms with Gasteiger partial charge in [0.25, 0.3) is 5.91 Å². The van der Waals surface area contributed by atoms with Gasteiger partial charge in [-0.25, -0.2) is 0 Å². The highest BCUT2D eigenvalue weighted by Crippen LogP contribution is 2.30. The molecular weight excluding hydrogens is 270 g/mol. The Hall–Kier alpha value is -1.75. The van der Waals surface area contributed by atoms with Crippen LogP contribution in [0.15, 0.2) is 18.2 Å². The summed E-state index contributed by atoms with van der Waals surface area (Å²) in [5.41, 5.74) is 0.531. The molecule has 1 amide bonds. The summed E-state index contributed by atoms with van der Waals surface area (Å²) in [4.78, 5) is 12.2. The van der Waals surface area contributed by atoms with Crippen molar-refractivity contribution in [2.75, 3.05) is 26.4 Å². The van der Waals surface area contributed by atoms with Crippen LogP contribution in [-0.4, -0.2) is 37.4 Å². The minimum Gasteiger partial charge on any atom is -0.486 e. The fourth-order valence-corrected chi connectivity index (χ4v) is 2.25. The van der Waals surface area contributed by atoms with E-state index in [0.29, 0.717) is 36.8 Å². The number of carbonyl (C=O) groups is 1. The summed E-state index contributed by atoms with van der Waals surface area (Å²) in [5.74, 6) is 1.18. The summed E-state index contributed by atoms with van der Waals surface area (Å²) < 4.78 is 10.9. The van der Waals surface area contributed by atoms with Crippen LogP contribution in [0.5, 0.6) is 11.5 Å². The Morgan fingerprint density at radius 2 is 2.00 bits per heavy atom. The summed E-state index contributed by atoms with van der Waals surface area (Å²) in [7, 11) is 0. The normalized spacial score (nSPS) is 13.9. The van der Waals surface area contributed by atoms with E-state index in [1.807, 2.05) is 0 Å². The number of fused-ring (bicyclic) bond motifs is 1. The van der Waals surface area contributed by atoms with E-state index >= 15 is 0 Å². The number of carbonyl (C=O) groups excluding carboxylic acids is 1. The number of hydrogen-bond donors (Lipinski definition) is 2. The predicted molar refractivity (Wildman–Crippen MR) is 79.9 cm³/mol. The summed E-state index contributed by atoms with van der Waals surface area (Å²) in [6.45, 7) is 5.95. The summed E-state index contributed by atoms with van der Waals surface area (Å²) >= 11 is 0. The molecule has 0 unspecified atom stereocenters. The average Bonchev–Trinajstić information content (AvgIpc) is 2.50. The van der Waals surface area contributed by atoms with Crippen molar-refractivity contribution in [2.24, 2.45) is 5.41 Å². The maximum atomic E-state index is 12.2. The van der Waals surface area contributed by atoms with Crippen LogP contribution in [0.25, 0.3) is 0 Å². The molecule has 0 saturated heterocycles. The maximum Gasteiger partial charge on any atom is 0.251 e. The molecule has 116 valence electrons. The smallest absolute Gasteiger partial charge is 0.251 e. The number of rotatable bonds is 6. The number of hydrogen-bond acceptors (Lipinski definition) is 4. The molecule has 0 aliphatic carbocycles. The van der Waals surface area contributed by atoms with Gasteiger partial charge in [0, 0.05) is 18.7 Å². The second kappa shape index (κ2) is 6.80. The lowest BCUT2D eigenvalue weighted by Crippen LogP contribution is -2.34. The van der Waals surface area contributed by atoms with Gasteiger partial charge in [0.1, 0.15) is 13.2 Å². The van der Waals surface area contributed by atoms with Gasteiger partial charge in [0.2, 0.25) is 0 Å². The molecule has 0 saturated carbocycles. The van der Waals surface area contributed by atoms with Gasteiger partial charge in [-0.2, -0.15) is 0 Å². The van der Waals surface area contributed by atoms with Gasteiger partial charge in [0.15, 0.2) is 11.5 Å². The average molecular weight is 293 g/mol. The number of nitrogens with one attached hydrogen (secondary N) is 1. The SMILES string of the molecule is CC(C)(CCCO)CNC(=O)c1ccc2c(c1)OCCO2. The summed E-state index contributed by atoms with van der Waals surface area (Å²) in [5, 5.41) is 11.8. The zero-order valence-corrected chi connectivity index (χ0v) is 12.6. The van der Waals surface area contributed by atoms with E-state index in [0.717, 1.165) is 12.8 Å². The van der Waals surface area contributed by atoms with Gasteiger partial charge >= 0.3 is 0 Å². The summed E-state index contributed by atoms with van der Waals surface area (Å²) in [6.07, 6.45) is 1.61. The van der Waals surface area contributed by atoms with E-state index in [1.54, 1.807) is 18.2 Å². The van der Waals surface area contributed by atoms with Crippen LogP contribution >= 0.6 is 0 Å². The van der Waals surface area contributed by atoms with Crippen LogP contribution in [0.1, 0.15) is 37.0 Å². The first-order valence-corrected chi connectivity index (χ1v) is 7.30. The molecule has 1 aliphatic heterocycles. The van der Waals surface area contributed by atoms with Crippen molar-refractivity contribution in [1.82, 2.24) is 5.32 Å². The highest BCUT2D eigenvalue weighted by molar-refractivity contribution is 5.94. The lowest BCUT2D eigenvalue weighted by atomic mass is 9.88. The second-order valence-electron chi connectivity index (χ2n) is 6.03. The lowest BCUT2D eigenvalue weighted by molar-refractivity contribution is 0.0931. The third-order valence-corrected chi connectivity index (χ3v) is 3.54. The second-order valence-corrected chi connectivity index (χ2v) is 6.03. The zero-order chi connectivity index (χ0) is 15.3. The topological polar surface area (TPSA) is 67.8 Å². The first-order valence-electron chi connectivity index (χ1n) is 7.30. The first-order chi connectivity index (χ1) is 10.0. The van der Waals surface area contributed by atoms with Crippen molar-refractivity contribution in [3.63, 3.8) is 0 Å². The first kappa shape index (κ1) is 15.6. The zero-order valence-electron chi connectivity index (χ0n) is 12.6. The van der Waals surface area contributed by atoms with Gasteiger partial charge < -0.3 is 19.9 Å². The van der Waals surface area contributed by atoms with Gasteiger partial charge in [0.05, 0.1) is 0 Å². The van der Waals surface area contributed by atoms with Crippen molar-refractivity contribution in [3.8, 4) is 11.5 Å². The monoisotopic (exact) mass is 293 g/mol. The van der Waals surface area contributed by atoms with Crippen molar-refractivity contribution < 1.29 is 19.4 Å². The quantitative estimate of drug-likeness (QED) is 0.841. The van der Waals surface area contributed by atoms with Gasteiger partial charge in [-0.1, -0.05) is 13.8 Å². The minimum atomic E-state index is -0.121. The Labute approximate surface area is 125 Å². The molecular formula is C16H23NO4. The number of aliphatic hydroxyl groups excluding tert-OH is 1. The van der Waals surface area contributed by atoms with Gasteiger partial charge in [-0.15, -0.1) is 0 Å². The van der Waals surface area contributed by atoms with Crippen molar-refractivity contribution in [3.05, 3.63) is 23.8 Å². The standard InChI is InChI=1S/C16H23NO4/c1-16(2,6-3-7-18)11-17-15(19)12-4-5-13-14(10-12)21-9-8-20-13/h4-5,10,18H,3,6-9,11H2,1-2H3,(H,17,19). The van der Waals surface area contributed by atoms with Gasteiger partial charge in [-0.05, 0) is 36.5 Å². The minimum absolute atomic E-state index is 0.0355. The molecule has 2 rings (SSSR count). The highest BCUT2D eigenvalue weighted by Gasteiger charge is 2.20. The van der Waals surface area contributed by atoms with Crippen LogP contribution in [0.3, 0.4) is 0 Å². The van der Waals surface area contributed by atoms with Crippen molar-refractivity contribution in [1.29, 1.82) is 0 Å². The van der Waals surface area contributed by atoms with E-state index in [2.05, 4.69) is 19.2 Å². The number of aliphatic hydroxyl groups is 1. The molecule has 1 aliphatic rings. The third kappa shape index (κ3) is 4.36. The largest absolute Gasteiger partial charge is 0.486 e. The van der Waals surface area contributed by atoms with Crippen LogP contribution in [0.2, 0.25) is 0 Å². The predicted octanol–water partition coefficient (Wildman–Crippen LogP) is 1.99. The van der Waals surface area contributed by atoms with Crippen LogP contribution < -0.4 is 14.8 Å². The van der Waals surface area contributed by atoms with E-state index in [-0.39, 0.29) is 17.9 Å². The number of amides is 1. The number of ether oxygens (including phenoxy) is 2. The molecule has 0 radical (unpaired) electrons. The number of benzene rings is 1. The molecule has 1 aromatic rings. The van der Waals surface area contributed by atoms with E-state index < -0.39 is 0 Å². The molecule has 5 nitrogen and oxygen atoms in total. The lowest BCUT2D eigenvalue weighted by Gasteiger charge is -2.25. The Morgan fingerprint density at radius 3 is 2.71 bits per heavy atom. The molecule has 0 atom stereocenters. The van der Waals surface area contributed by atoms with Crippen LogP contribution in [0, 0.1) is 5.41 Å². The molecule has 0 fully saturated rings. The molecule has 2 N–H and O–H groups in total. The fourth-order valence-electron chi connectivity index (χ4n) is 2.25. The van der Waals surface area contributed by atoms with E-state index in [1.165, 1.54) is 0 Å². The van der Waals surface area contributed by atoms with Crippen molar-refractivity contribution in [2.45, 2.75) is 26.7 Å². The Balaban J connectivity index is 1.94. The molecule has 0 aromatic heterocycles. The molecule has 0 spiro atoms. The van der Waals surface area contributed by atoms with Gasteiger partial charge in [-0.3, -0.25) is 4.79 Å². The van der Waals surface area contributed by atoms with Crippen LogP contribution in [-0.2, 0) is 0 Å². The Morgan fingerprint density at radius 1 is 1.29 bits per heavy atom. The third-order valence-electron chi connectivity index (χ3n) is 3.54. The highest BCUT2D eigenvalue weighted by atomic mass is 16.6. The molecule has 5 heteroatoms. The fraction of sp³-hybridized carbons (Fsp3) is 0.562. The maximum absolute atomic E-state index is 12.2. The van der Waals surface area contributed by atoms with E-state index in [9.17, 15) is 4.79 Å². The molecule has 0 bridgehead atoms. The Kier molecular flexibility index (Phi) is 5.07. The summed E-state index contributed by atoms with van der Waals surface area (Å²) in [6, 6.07) is 5.22.